The molecule has 0 saturated heterocycles. The largest absolute Gasteiger partial charge is 0.494 e. The number of aromatic nitrogens is 2. The van der Waals surface area contributed by atoms with E-state index in [0.29, 0.717) is 13.2 Å². The number of hydrogen-bond donors (Lipinski definition) is 1. The van der Waals surface area contributed by atoms with Gasteiger partial charge in [-0.2, -0.15) is 5.10 Å². The Kier molecular flexibility index (Phi) is 4.22. The average molecular weight is 260 g/mol. The van der Waals surface area contributed by atoms with Crippen LogP contribution in [-0.2, 0) is 6.54 Å². The van der Waals surface area contributed by atoms with Crippen molar-refractivity contribution in [2.45, 2.75) is 33.4 Å². The van der Waals surface area contributed by atoms with Crippen LogP contribution in [0.1, 0.15) is 30.0 Å². The molecule has 0 aliphatic heterocycles. The number of benzene rings is 1. The zero-order valence-corrected chi connectivity index (χ0v) is 11.6. The van der Waals surface area contributed by atoms with Crippen LogP contribution in [0.15, 0.2) is 30.3 Å². The molecule has 0 amide bonds. The normalized spacial score (nSPS) is 12.4. The summed E-state index contributed by atoms with van der Waals surface area (Å²) in [6.45, 7) is 6.96. The van der Waals surface area contributed by atoms with Gasteiger partial charge in [0.2, 0.25) is 0 Å². The minimum atomic E-state index is -0.585. The minimum Gasteiger partial charge on any atom is -0.494 e. The van der Waals surface area contributed by atoms with E-state index >= 15 is 0 Å². The molecule has 1 heterocycles. The molecule has 0 saturated carbocycles. The van der Waals surface area contributed by atoms with Crippen molar-refractivity contribution >= 4 is 0 Å². The van der Waals surface area contributed by atoms with Gasteiger partial charge in [-0.15, -0.1) is 0 Å². The number of ether oxygens (including phenoxy) is 1. The van der Waals surface area contributed by atoms with Gasteiger partial charge in [0.05, 0.1) is 24.9 Å². The third-order valence-corrected chi connectivity index (χ3v) is 3.00. The number of aliphatic hydroxyl groups excluding tert-OH is 1. The lowest BCUT2D eigenvalue weighted by Gasteiger charge is -2.13. The van der Waals surface area contributed by atoms with Crippen molar-refractivity contribution < 1.29 is 9.84 Å². The maximum atomic E-state index is 10.3. The molecular weight excluding hydrogens is 240 g/mol. The van der Waals surface area contributed by atoms with E-state index in [-0.39, 0.29) is 0 Å². The summed E-state index contributed by atoms with van der Waals surface area (Å²) in [6, 6.07) is 9.57. The highest BCUT2D eigenvalue weighted by Crippen LogP contribution is 2.21. The molecule has 0 spiro atoms. The number of aryl methyl sites for hydroxylation is 2. The Balaban J connectivity index is 2.13. The van der Waals surface area contributed by atoms with E-state index in [4.69, 9.17) is 4.74 Å². The van der Waals surface area contributed by atoms with Crippen molar-refractivity contribution in [2.24, 2.45) is 0 Å². The molecule has 102 valence electrons. The SMILES string of the molecule is CCOc1cccc(C(O)Cn2nc(C)cc2C)c1. The third-order valence-electron chi connectivity index (χ3n) is 3.00. The highest BCUT2D eigenvalue weighted by atomic mass is 16.5. The molecule has 0 bridgehead atoms. The Labute approximate surface area is 113 Å². The first kappa shape index (κ1) is 13.6. The second-order valence-corrected chi connectivity index (χ2v) is 4.63. The first-order chi connectivity index (χ1) is 9.10. The van der Waals surface area contributed by atoms with E-state index < -0.39 is 6.10 Å². The van der Waals surface area contributed by atoms with Gasteiger partial charge in [0, 0.05) is 5.69 Å². The van der Waals surface area contributed by atoms with E-state index in [0.717, 1.165) is 22.7 Å². The maximum Gasteiger partial charge on any atom is 0.119 e. The van der Waals surface area contributed by atoms with E-state index in [9.17, 15) is 5.11 Å². The van der Waals surface area contributed by atoms with Crippen molar-refractivity contribution in [3.63, 3.8) is 0 Å². The maximum absolute atomic E-state index is 10.3. The number of rotatable bonds is 5. The minimum absolute atomic E-state index is 0.454. The average Bonchev–Trinajstić information content (AvgIpc) is 2.68. The van der Waals surface area contributed by atoms with Crippen molar-refractivity contribution in [3.05, 3.63) is 47.3 Å². The molecule has 1 N–H and O–H groups in total. The van der Waals surface area contributed by atoms with Crippen molar-refractivity contribution in [1.82, 2.24) is 9.78 Å². The van der Waals surface area contributed by atoms with Crippen molar-refractivity contribution in [3.8, 4) is 5.75 Å². The lowest BCUT2D eigenvalue weighted by atomic mass is 10.1. The highest BCUT2D eigenvalue weighted by Gasteiger charge is 2.11. The fraction of sp³-hybridized carbons (Fsp3) is 0.400. The molecule has 1 unspecified atom stereocenters. The summed E-state index contributed by atoms with van der Waals surface area (Å²) in [5, 5.41) is 14.6. The van der Waals surface area contributed by atoms with Gasteiger partial charge in [-0.25, -0.2) is 0 Å². The standard InChI is InChI=1S/C15H20N2O2/c1-4-19-14-7-5-6-13(9-14)15(18)10-17-12(3)8-11(2)16-17/h5-9,15,18H,4,10H2,1-3H3. The van der Waals surface area contributed by atoms with Gasteiger partial charge in [0.25, 0.3) is 0 Å². The van der Waals surface area contributed by atoms with Gasteiger partial charge in [0.15, 0.2) is 0 Å². The smallest absolute Gasteiger partial charge is 0.119 e. The van der Waals surface area contributed by atoms with E-state index in [1.54, 1.807) is 0 Å². The van der Waals surface area contributed by atoms with Crippen LogP contribution in [0.5, 0.6) is 5.75 Å². The molecule has 0 aliphatic carbocycles. The number of nitrogens with zero attached hydrogens (tertiary/aromatic N) is 2. The fourth-order valence-electron chi connectivity index (χ4n) is 2.11. The van der Waals surface area contributed by atoms with E-state index in [1.165, 1.54) is 0 Å². The fourth-order valence-corrected chi connectivity index (χ4v) is 2.11. The summed E-state index contributed by atoms with van der Waals surface area (Å²) in [6.07, 6.45) is -0.585. The second-order valence-electron chi connectivity index (χ2n) is 4.63. The molecule has 0 radical (unpaired) electrons. The molecule has 0 fully saturated rings. The molecule has 19 heavy (non-hydrogen) atoms. The molecule has 4 heteroatoms. The van der Waals surface area contributed by atoms with Crippen LogP contribution in [0, 0.1) is 13.8 Å². The van der Waals surface area contributed by atoms with Gasteiger partial charge in [-0.1, -0.05) is 12.1 Å². The molecule has 1 aromatic heterocycles. The molecular formula is C15H20N2O2. The Bertz CT molecular complexity index is 549. The molecule has 0 aliphatic rings. The summed E-state index contributed by atoms with van der Waals surface area (Å²) >= 11 is 0. The zero-order valence-electron chi connectivity index (χ0n) is 11.6. The van der Waals surface area contributed by atoms with Gasteiger partial charge >= 0.3 is 0 Å². The van der Waals surface area contributed by atoms with Crippen LogP contribution in [0.2, 0.25) is 0 Å². The lowest BCUT2D eigenvalue weighted by molar-refractivity contribution is 0.150. The van der Waals surface area contributed by atoms with Gasteiger partial charge in [-0.3, -0.25) is 4.68 Å². The Morgan fingerprint density at radius 1 is 1.32 bits per heavy atom. The summed E-state index contributed by atoms with van der Waals surface area (Å²) in [4.78, 5) is 0. The first-order valence-corrected chi connectivity index (χ1v) is 6.52. The van der Waals surface area contributed by atoms with Crippen molar-refractivity contribution in [2.75, 3.05) is 6.61 Å². The van der Waals surface area contributed by atoms with Gasteiger partial charge in [0.1, 0.15) is 5.75 Å². The predicted molar refractivity (Wildman–Crippen MR) is 74.3 cm³/mol. The second kappa shape index (κ2) is 5.89. The summed E-state index contributed by atoms with van der Waals surface area (Å²) in [7, 11) is 0. The predicted octanol–water partition coefficient (Wildman–Crippen LogP) is 2.63. The third kappa shape index (κ3) is 3.35. The van der Waals surface area contributed by atoms with Crippen LogP contribution in [0.3, 0.4) is 0 Å². The quantitative estimate of drug-likeness (QED) is 0.899. The van der Waals surface area contributed by atoms with Gasteiger partial charge in [-0.05, 0) is 44.5 Å². The molecule has 1 aromatic carbocycles. The molecule has 2 aromatic rings. The Morgan fingerprint density at radius 2 is 2.11 bits per heavy atom. The van der Waals surface area contributed by atoms with Crippen molar-refractivity contribution in [1.29, 1.82) is 0 Å². The van der Waals surface area contributed by atoms with Gasteiger partial charge < -0.3 is 9.84 Å². The van der Waals surface area contributed by atoms with Crippen LogP contribution >= 0.6 is 0 Å². The summed E-state index contributed by atoms with van der Waals surface area (Å²) < 4.78 is 7.27. The molecule has 2 rings (SSSR count). The summed E-state index contributed by atoms with van der Waals surface area (Å²) in [5.74, 6) is 0.785. The van der Waals surface area contributed by atoms with Crippen LogP contribution in [0.4, 0.5) is 0 Å². The monoisotopic (exact) mass is 260 g/mol. The lowest BCUT2D eigenvalue weighted by Crippen LogP contribution is -2.11. The topological polar surface area (TPSA) is 47.3 Å². The van der Waals surface area contributed by atoms with E-state index in [1.807, 2.05) is 55.8 Å². The van der Waals surface area contributed by atoms with Crippen LogP contribution < -0.4 is 4.74 Å². The zero-order chi connectivity index (χ0) is 13.8. The Morgan fingerprint density at radius 3 is 2.74 bits per heavy atom. The summed E-state index contributed by atoms with van der Waals surface area (Å²) in [5.41, 5.74) is 2.86. The van der Waals surface area contributed by atoms with E-state index in [2.05, 4.69) is 5.10 Å². The van der Waals surface area contributed by atoms with Crippen LogP contribution in [-0.4, -0.2) is 21.5 Å². The highest BCUT2D eigenvalue weighted by molar-refractivity contribution is 5.29. The van der Waals surface area contributed by atoms with Crippen LogP contribution in [0.25, 0.3) is 0 Å². The Hall–Kier alpha value is -1.81. The number of hydrogen-bond acceptors (Lipinski definition) is 3. The number of aliphatic hydroxyl groups is 1. The first-order valence-electron chi connectivity index (χ1n) is 6.52. The molecule has 1 atom stereocenters. The molecule has 4 nitrogen and oxygen atoms in total.